The molecule has 156 valence electrons. The van der Waals surface area contributed by atoms with Crippen molar-refractivity contribution in [3.63, 3.8) is 0 Å². The van der Waals surface area contributed by atoms with Crippen molar-refractivity contribution in [1.29, 1.82) is 0 Å². The van der Waals surface area contributed by atoms with Crippen LogP contribution >= 0.6 is 0 Å². The third-order valence-electron chi connectivity index (χ3n) is 4.76. The topological polar surface area (TPSA) is 110 Å². The monoisotopic (exact) mass is 400 g/mol. The molecule has 2 rings (SSSR count). The molecule has 0 aliphatic heterocycles. The van der Waals surface area contributed by atoms with E-state index in [0.717, 1.165) is 18.4 Å². The summed E-state index contributed by atoms with van der Waals surface area (Å²) in [6, 6.07) is 9.32. The summed E-state index contributed by atoms with van der Waals surface area (Å²) in [5.74, 6) is -1.22. The first-order valence-corrected chi connectivity index (χ1v) is 9.67. The van der Waals surface area contributed by atoms with Crippen LogP contribution in [0.5, 0.6) is 11.5 Å². The summed E-state index contributed by atoms with van der Waals surface area (Å²) >= 11 is 0. The van der Waals surface area contributed by atoms with Crippen molar-refractivity contribution < 1.29 is 25.0 Å². The van der Waals surface area contributed by atoms with Crippen molar-refractivity contribution in [2.75, 3.05) is 6.54 Å². The van der Waals surface area contributed by atoms with Gasteiger partial charge in [-0.2, -0.15) is 0 Å². The number of hydrogen-bond acceptors (Lipinski definition) is 5. The number of benzene rings is 2. The lowest BCUT2D eigenvalue weighted by atomic mass is 9.98. The van der Waals surface area contributed by atoms with Crippen LogP contribution in [0.25, 0.3) is 0 Å². The Bertz CT molecular complexity index is 862. The fourth-order valence-corrected chi connectivity index (χ4v) is 3.05. The summed E-state index contributed by atoms with van der Waals surface area (Å²) in [6.45, 7) is 6.64. The first-order valence-electron chi connectivity index (χ1n) is 9.67. The molecule has 0 bridgehead atoms. The average Bonchev–Trinajstić information content (AvgIpc) is 2.70. The highest BCUT2D eigenvalue weighted by atomic mass is 16.5. The molecule has 0 saturated carbocycles. The molecule has 2 aromatic carbocycles. The Balaban J connectivity index is 2.31. The van der Waals surface area contributed by atoms with Gasteiger partial charge in [-0.3, -0.25) is 14.8 Å². The van der Waals surface area contributed by atoms with E-state index in [-0.39, 0.29) is 28.9 Å². The minimum absolute atomic E-state index is 0.00328. The Kier molecular flexibility index (Phi) is 7.61. The molecule has 0 aromatic heterocycles. The van der Waals surface area contributed by atoms with Crippen molar-refractivity contribution in [3.05, 3.63) is 58.7 Å². The van der Waals surface area contributed by atoms with Gasteiger partial charge in [0.1, 0.15) is 11.5 Å². The second kappa shape index (κ2) is 9.93. The van der Waals surface area contributed by atoms with Gasteiger partial charge in [-0.1, -0.05) is 39.3 Å². The molecule has 4 N–H and O–H groups in total. The lowest BCUT2D eigenvalue weighted by Crippen LogP contribution is -2.31. The van der Waals surface area contributed by atoms with Crippen LogP contribution in [0, 0.1) is 0 Å². The molecule has 7 heteroatoms. The third-order valence-corrected chi connectivity index (χ3v) is 4.76. The van der Waals surface area contributed by atoms with Crippen LogP contribution in [-0.4, -0.2) is 38.7 Å². The molecular formula is C22H28N2O5. The van der Waals surface area contributed by atoms with E-state index < -0.39 is 5.91 Å². The Morgan fingerprint density at radius 3 is 2.28 bits per heavy atom. The number of amides is 2. The van der Waals surface area contributed by atoms with E-state index in [9.17, 15) is 19.8 Å². The minimum atomic E-state index is -0.606. The number of nitrogens with one attached hydrogen (secondary N) is 1. The molecule has 0 aliphatic rings. The lowest BCUT2D eigenvalue weighted by molar-refractivity contribution is 0.0704. The quantitative estimate of drug-likeness (QED) is 0.398. The Morgan fingerprint density at radius 2 is 1.72 bits per heavy atom. The standard InChI is InChI=1S/C22H28N2O5/c1-4-5-10-24(13-15-6-8-16(9-7-15)21(27)23-29)22(28)18-11-17(14(2)3)19(25)12-20(18)26/h6-9,11-12,14,25-26,29H,4-5,10,13H2,1-3H3,(H,23,27). The zero-order valence-electron chi connectivity index (χ0n) is 17.0. The summed E-state index contributed by atoms with van der Waals surface area (Å²) in [5.41, 5.74) is 3.45. The molecular weight excluding hydrogens is 372 g/mol. The van der Waals surface area contributed by atoms with Gasteiger partial charge in [-0.05, 0) is 41.7 Å². The highest BCUT2D eigenvalue weighted by molar-refractivity contribution is 5.97. The SMILES string of the molecule is CCCCN(Cc1ccc(C(=O)NO)cc1)C(=O)c1cc(C(C)C)c(O)cc1O. The molecule has 0 radical (unpaired) electrons. The van der Waals surface area contributed by atoms with E-state index in [1.807, 2.05) is 20.8 Å². The van der Waals surface area contributed by atoms with Crippen LogP contribution in [0.4, 0.5) is 0 Å². The van der Waals surface area contributed by atoms with Gasteiger partial charge in [0.25, 0.3) is 11.8 Å². The van der Waals surface area contributed by atoms with Crippen molar-refractivity contribution in [3.8, 4) is 11.5 Å². The second-order valence-corrected chi connectivity index (χ2v) is 7.30. The highest BCUT2D eigenvalue weighted by Crippen LogP contribution is 2.33. The van der Waals surface area contributed by atoms with E-state index in [0.29, 0.717) is 24.2 Å². The van der Waals surface area contributed by atoms with Crippen LogP contribution in [0.1, 0.15) is 71.4 Å². The summed E-state index contributed by atoms with van der Waals surface area (Å²) in [7, 11) is 0. The minimum Gasteiger partial charge on any atom is -0.508 e. The first-order chi connectivity index (χ1) is 13.8. The molecule has 0 spiro atoms. The number of phenolic OH excluding ortho intramolecular Hbond substituents is 2. The van der Waals surface area contributed by atoms with E-state index in [1.165, 1.54) is 6.07 Å². The molecule has 0 aliphatic carbocycles. The lowest BCUT2D eigenvalue weighted by Gasteiger charge is -2.24. The van der Waals surface area contributed by atoms with E-state index in [4.69, 9.17) is 5.21 Å². The molecule has 7 nitrogen and oxygen atoms in total. The maximum absolute atomic E-state index is 13.2. The molecule has 0 saturated heterocycles. The summed E-state index contributed by atoms with van der Waals surface area (Å²) in [4.78, 5) is 26.3. The number of rotatable bonds is 8. The smallest absolute Gasteiger partial charge is 0.274 e. The van der Waals surface area contributed by atoms with Crippen LogP contribution in [0.3, 0.4) is 0 Å². The van der Waals surface area contributed by atoms with Crippen LogP contribution in [0.2, 0.25) is 0 Å². The molecule has 2 amide bonds. The van der Waals surface area contributed by atoms with Gasteiger partial charge in [0, 0.05) is 24.7 Å². The predicted molar refractivity (Wildman–Crippen MR) is 109 cm³/mol. The van der Waals surface area contributed by atoms with Crippen molar-refractivity contribution in [2.45, 2.75) is 46.1 Å². The largest absolute Gasteiger partial charge is 0.508 e. The molecule has 29 heavy (non-hydrogen) atoms. The number of hydroxylamine groups is 1. The van der Waals surface area contributed by atoms with Gasteiger partial charge in [0.2, 0.25) is 0 Å². The molecule has 2 aromatic rings. The number of phenols is 2. The van der Waals surface area contributed by atoms with Gasteiger partial charge in [-0.25, -0.2) is 5.48 Å². The van der Waals surface area contributed by atoms with Gasteiger partial charge in [-0.15, -0.1) is 0 Å². The third kappa shape index (κ3) is 5.48. The van der Waals surface area contributed by atoms with Gasteiger partial charge in [0.05, 0.1) is 5.56 Å². The van der Waals surface area contributed by atoms with Gasteiger partial charge < -0.3 is 15.1 Å². The number of aromatic hydroxyl groups is 2. The van der Waals surface area contributed by atoms with Crippen molar-refractivity contribution in [1.82, 2.24) is 10.4 Å². The summed E-state index contributed by atoms with van der Waals surface area (Å²) in [5, 5.41) is 29.0. The van der Waals surface area contributed by atoms with E-state index in [2.05, 4.69) is 0 Å². The first kappa shape index (κ1) is 22.2. The number of unbranched alkanes of at least 4 members (excludes halogenated alkanes) is 1. The molecule has 0 heterocycles. The van der Waals surface area contributed by atoms with E-state index >= 15 is 0 Å². The van der Waals surface area contributed by atoms with Crippen molar-refractivity contribution in [2.24, 2.45) is 0 Å². The zero-order chi connectivity index (χ0) is 21.6. The fourth-order valence-electron chi connectivity index (χ4n) is 3.05. The van der Waals surface area contributed by atoms with Crippen LogP contribution in [0.15, 0.2) is 36.4 Å². The summed E-state index contributed by atoms with van der Waals surface area (Å²) in [6.07, 6.45) is 1.70. The molecule has 0 atom stereocenters. The molecule has 0 unspecified atom stereocenters. The number of nitrogens with zero attached hydrogens (tertiary/aromatic N) is 1. The number of hydrogen-bond donors (Lipinski definition) is 4. The van der Waals surface area contributed by atoms with Crippen LogP contribution in [-0.2, 0) is 6.54 Å². The predicted octanol–water partition coefficient (Wildman–Crippen LogP) is 3.78. The molecule has 0 fully saturated rings. The number of carbonyl (C=O) groups is 2. The Hall–Kier alpha value is -3.06. The normalized spacial score (nSPS) is 10.8. The fraction of sp³-hybridized carbons (Fsp3) is 0.364. The Labute approximate surface area is 170 Å². The van der Waals surface area contributed by atoms with Crippen LogP contribution < -0.4 is 5.48 Å². The Morgan fingerprint density at radius 1 is 1.07 bits per heavy atom. The summed E-state index contributed by atoms with van der Waals surface area (Å²) < 4.78 is 0. The number of carbonyl (C=O) groups excluding carboxylic acids is 2. The maximum atomic E-state index is 13.2. The van der Waals surface area contributed by atoms with Crippen molar-refractivity contribution >= 4 is 11.8 Å². The zero-order valence-corrected chi connectivity index (χ0v) is 17.0. The van der Waals surface area contributed by atoms with Gasteiger partial charge >= 0.3 is 0 Å². The second-order valence-electron chi connectivity index (χ2n) is 7.30. The van der Waals surface area contributed by atoms with Gasteiger partial charge in [0.15, 0.2) is 0 Å². The maximum Gasteiger partial charge on any atom is 0.274 e. The average molecular weight is 400 g/mol. The van der Waals surface area contributed by atoms with E-state index in [1.54, 1.807) is 40.7 Å². The highest BCUT2D eigenvalue weighted by Gasteiger charge is 2.22.